The van der Waals surface area contributed by atoms with Crippen LogP contribution in [0, 0.1) is 6.92 Å². The second-order valence-corrected chi connectivity index (χ2v) is 3.48. The van der Waals surface area contributed by atoms with Gasteiger partial charge in [-0.05, 0) is 13.0 Å². The zero-order valence-corrected chi connectivity index (χ0v) is 8.77. The van der Waals surface area contributed by atoms with Crippen molar-refractivity contribution >= 4 is 17.0 Å². The Kier molecular flexibility index (Phi) is 2.34. The molecular weight excluding hydrogens is 184 g/mol. The maximum Gasteiger partial charge on any atom is 0.0699 e. The molecule has 0 unspecified atom stereocenters. The molecule has 1 aromatic carbocycles. The molecule has 0 saturated carbocycles. The molecule has 15 heavy (non-hydrogen) atoms. The fourth-order valence-corrected chi connectivity index (χ4v) is 1.79. The summed E-state index contributed by atoms with van der Waals surface area (Å²) in [6.07, 6.45) is 5.73. The average molecular weight is 198 g/mol. The molecule has 0 amide bonds. The predicted molar refractivity (Wildman–Crippen MR) is 66.1 cm³/mol. The van der Waals surface area contributed by atoms with Crippen LogP contribution in [0.3, 0.4) is 0 Å². The van der Waals surface area contributed by atoms with Crippen LogP contribution in [0.4, 0.5) is 0 Å². The Bertz CT molecular complexity index is 533. The Morgan fingerprint density at radius 1 is 1.33 bits per heavy atom. The number of hydrogen-bond donors (Lipinski definition) is 1. The minimum atomic E-state index is 1.05. The Labute approximate surface area is 89.3 Å². The number of fused-ring (bicyclic) bond motifs is 1. The van der Waals surface area contributed by atoms with Crippen molar-refractivity contribution in [3.8, 4) is 0 Å². The quantitative estimate of drug-likeness (QED) is 0.583. The van der Waals surface area contributed by atoms with E-state index in [2.05, 4.69) is 12.6 Å². The van der Waals surface area contributed by atoms with Gasteiger partial charge in [0.15, 0.2) is 0 Å². The third-order valence-electron chi connectivity index (χ3n) is 2.60. The number of rotatable bonds is 2. The number of nitrogen functional groups attached to an aromatic ring is 1. The van der Waals surface area contributed by atoms with Crippen molar-refractivity contribution < 1.29 is 0 Å². The highest BCUT2D eigenvalue weighted by Gasteiger charge is 2.08. The van der Waals surface area contributed by atoms with E-state index in [1.54, 1.807) is 10.8 Å². The van der Waals surface area contributed by atoms with Gasteiger partial charge in [0.2, 0.25) is 0 Å². The first kappa shape index (κ1) is 9.59. The number of para-hydroxylation sites is 1. The lowest BCUT2D eigenvalue weighted by Gasteiger charge is -1.97. The molecule has 0 aliphatic rings. The Hall–Kier alpha value is -1.96. The lowest BCUT2D eigenvalue weighted by atomic mass is 10.1. The van der Waals surface area contributed by atoms with Gasteiger partial charge in [0.25, 0.3) is 0 Å². The van der Waals surface area contributed by atoms with Gasteiger partial charge < -0.3 is 5.84 Å². The first-order valence-electron chi connectivity index (χ1n) is 4.90. The van der Waals surface area contributed by atoms with Crippen LogP contribution in [0.2, 0.25) is 0 Å². The highest BCUT2D eigenvalue weighted by atomic mass is 15.3. The summed E-state index contributed by atoms with van der Waals surface area (Å²) < 4.78 is 1.72. The van der Waals surface area contributed by atoms with Gasteiger partial charge in [0, 0.05) is 16.6 Å². The molecule has 0 spiro atoms. The zero-order valence-electron chi connectivity index (χ0n) is 8.77. The van der Waals surface area contributed by atoms with Crippen LogP contribution in [0.25, 0.3) is 17.0 Å². The molecule has 0 radical (unpaired) electrons. The second-order valence-electron chi connectivity index (χ2n) is 3.48. The SMILES string of the molecule is C=C/C=C\c1c(C)n(N)c2ccccc12. The zero-order chi connectivity index (χ0) is 10.8. The van der Waals surface area contributed by atoms with Gasteiger partial charge in [-0.25, -0.2) is 0 Å². The third kappa shape index (κ3) is 1.44. The average Bonchev–Trinajstić information content (AvgIpc) is 2.51. The molecule has 2 nitrogen and oxygen atoms in total. The molecule has 2 N–H and O–H groups in total. The molecule has 0 bridgehead atoms. The number of allylic oxidation sites excluding steroid dienone is 2. The molecule has 2 rings (SSSR count). The summed E-state index contributed by atoms with van der Waals surface area (Å²) in [7, 11) is 0. The summed E-state index contributed by atoms with van der Waals surface area (Å²) in [6, 6.07) is 8.11. The first-order chi connectivity index (χ1) is 7.25. The fourth-order valence-electron chi connectivity index (χ4n) is 1.79. The van der Waals surface area contributed by atoms with E-state index >= 15 is 0 Å². The molecule has 1 aromatic heterocycles. The first-order valence-corrected chi connectivity index (χ1v) is 4.90. The van der Waals surface area contributed by atoms with Gasteiger partial charge in [-0.1, -0.05) is 43.0 Å². The predicted octanol–water partition coefficient (Wildman–Crippen LogP) is 2.86. The molecule has 1 heterocycles. The van der Waals surface area contributed by atoms with Gasteiger partial charge in [0.1, 0.15) is 0 Å². The Morgan fingerprint density at radius 3 is 2.80 bits per heavy atom. The summed E-state index contributed by atoms with van der Waals surface area (Å²) in [5, 5.41) is 1.18. The fraction of sp³-hybridized carbons (Fsp3) is 0.0769. The highest BCUT2D eigenvalue weighted by molar-refractivity contribution is 5.91. The van der Waals surface area contributed by atoms with Crippen molar-refractivity contribution in [1.29, 1.82) is 0 Å². The lowest BCUT2D eigenvalue weighted by molar-refractivity contribution is 0.997. The van der Waals surface area contributed by atoms with Crippen LogP contribution >= 0.6 is 0 Å². The van der Waals surface area contributed by atoms with E-state index in [1.807, 2.05) is 37.3 Å². The summed E-state index contributed by atoms with van der Waals surface area (Å²) in [5.41, 5.74) is 3.28. The molecule has 0 fully saturated rings. The van der Waals surface area contributed by atoms with Crippen LogP contribution in [0.15, 0.2) is 43.0 Å². The van der Waals surface area contributed by atoms with Crippen LogP contribution in [0.5, 0.6) is 0 Å². The topological polar surface area (TPSA) is 30.9 Å². The third-order valence-corrected chi connectivity index (χ3v) is 2.60. The van der Waals surface area contributed by atoms with Crippen molar-refractivity contribution in [2.24, 2.45) is 0 Å². The van der Waals surface area contributed by atoms with E-state index in [4.69, 9.17) is 5.84 Å². The standard InChI is InChI=1S/C13H14N2/c1-3-4-7-11-10(2)15(14)13-9-6-5-8-12(11)13/h3-9H,1,14H2,2H3/b7-4-. The van der Waals surface area contributed by atoms with Gasteiger partial charge in [0.05, 0.1) is 5.52 Å². The summed E-state index contributed by atoms with van der Waals surface area (Å²) >= 11 is 0. The largest absolute Gasteiger partial charge is 0.339 e. The van der Waals surface area contributed by atoms with Gasteiger partial charge >= 0.3 is 0 Å². The van der Waals surface area contributed by atoms with E-state index in [9.17, 15) is 0 Å². The number of benzene rings is 1. The normalized spacial score (nSPS) is 11.3. The molecule has 2 aromatic rings. The summed E-state index contributed by atoms with van der Waals surface area (Å²) in [4.78, 5) is 0. The molecule has 0 saturated heterocycles. The van der Waals surface area contributed by atoms with Crippen molar-refractivity contribution in [2.75, 3.05) is 5.84 Å². The van der Waals surface area contributed by atoms with Crippen molar-refractivity contribution in [1.82, 2.24) is 4.68 Å². The molecule has 2 heteroatoms. The minimum Gasteiger partial charge on any atom is -0.339 e. The van der Waals surface area contributed by atoms with Crippen molar-refractivity contribution in [2.45, 2.75) is 6.92 Å². The highest BCUT2D eigenvalue weighted by Crippen LogP contribution is 2.24. The molecule has 0 atom stereocenters. The van der Waals surface area contributed by atoms with E-state index in [1.165, 1.54) is 5.39 Å². The second kappa shape index (κ2) is 3.65. The summed E-state index contributed by atoms with van der Waals surface area (Å²) in [5.74, 6) is 5.97. The Balaban J connectivity index is 2.77. The van der Waals surface area contributed by atoms with E-state index in [-0.39, 0.29) is 0 Å². The van der Waals surface area contributed by atoms with E-state index in [0.29, 0.717) is 0 Å². The number of aromatic nitrogens is 1. The van der Waals surface area contributed by atoms with Crippen molar-refractivity contribution in [3.05, 3.63) is 54.3 Å². The molecule has 0 aliphatic heterocycles. The maximum atomic E-state index is 5.97. The molecular formula is C13H14N2. The number of nitrogens with two attached hydrogens (primary N) is 1. The molecule has 76 valence electrons. The smallest absolute Gasteiger partial charge is 0.0699 e. The van der Waals surface area contributed by atoms with Crippen molar-refractivity contribution in [3.63, 3.8) is 0 Å². The number of hydrogen-bond acceptors (Lipinski definition) is 1. The summed E-state index contributed by atoms with van der Waals surface area (Å²) in [6.45, 7) is 5.68. The maximum absolute atomic E-state index is 5.97. The Morgan fingerprint density at radius 2 is 2.07 bits per heavy atom. The van der Waals surface area contributed by atoms with Gasteiger partial charge in [-0.15, -0.1) is 0 Å². The van der Waals surface area contributed by atoms with Crippen LogP contribution in [0.1, 0.15) is 11.3 Å². The monoisotopic (exact) mass is 198 g/mol. The van der Waals surface area contributed by atoms with Crippen LogP contribution in [-0.2, 0) is 0 Å². The van der Waals surface area contributed by atoms with E-state index < -0.39 is 0 Å². The minimum absolute atomic E-state index is 1.05. The van der Waals surface area contributed by atoms with Crippen LogP contribution in [-0.4, -0.2) is 4.68 Å². The van der Waals surface area contributed by atoms with Gasteiger partial charge in [-0.3, -0.25) is 4.68 Å². The van der Waals surface area contributed by atoms with Gasteiger partial charge in [-0.2, -0.15) is 0 Å². The lowest BCUT2D eigenvalue weighted by Crippen LogP contribution is -2.09. The number of nitrogens with zero attached hydrogens (tertiary/aromatic N) is 1. The van der Waals surface area contributed by atoms with Crippen LogP contribution < -0.4 is 5.84 Å². The molecule has 0 aliphatic carbocycles. The van der Waals surface area contributed by atoms with E-state index in [0.717, 1.165) is 16.8 Å².